The number of nitrogens with one attached hydrogen (secondary N) is 2. The summed E-state index contributed by atoms with van der Waals surface area (Å²) in [5.74, 6) is 1.54. The van der Waals surface area contributed by atoms with Crippen LogP contribution in [0.2, 0.25) is 0 Å². The van der Waals surface area contributed by atoms with E-state index in [9.17, 15) is 19.7 Å². The van der Waals surface area contributed by atoms with Crippen LogP contribution < -0.4 is 25.0 Å². The van der Waals surface area contributed by atoms with Crippen LogP contribution in [0.25, 0.3) is 6.08 Å². The number of non-ortho nitro benzene ring substituents is 1. The molecule has 0 radical (unpaired) electrons. The van der Waals surface area contributed by atoms with Gasteiger partial charge >= 0.3 is 6.03 Å². The maximum absolute atomic E-state index is 13.4. The van der Waals surface area contributed by atoms with E-state index < -0.39 is 4.92 Å². The summed E-state index contributed by atoms with van der Waals surface area (Å²) in [6.07, 6.45) is 3.41. The number of urea groups is 1. The number of carbonyl (C=O) groups excluding carboxylic acids is 2. The van der Waals surface area contributed by atoms with Gasteiger partial charge in [-0.2, -0.15) is 0 Å². The summed E-state index contributed by atoms with van der Waals surface area (Å²) in [6.45, 7) is 0.628. The molecule has 0 saturated carbocycles. The van der Waals surface area contributed by atoms with Crippen molar-refractivity contribution >= 4 is 35.1 Å². The monoisotopic (exact) mass is 566 g/mol. The Morgan fingerprint density at radius 3 is 2.24 bits per heavy atom. The van der Waals surface area contributed by atoms with Crippen molar-refractivity contribution in [3.8, 4) is 17.2 Å². The van der Waals surface area contributed by atoms with E-state index in [1.165, 1.54) is 25.3 Å². The maximum atomic E-state index is 13.4. The Balaban J connectivity index is 1.39. The highest BCUT2D eigenvalue weighted by atomic mass is 16.6. The first-order valence-corrected chi connectivity index (χ1v) is 13.2. The van der Waals surface area contributed by atoms with Crippen LogP contribution in [0.3, 0.4) is 0 Å². The van der Waals surface area contributed by atoms with E-state index in [0.29, 0.717) is 53.7 Å². The Labute approximate surface area is 243 Å². The summed E-state index contributed by atoms with van der Waals surface area (Å²) >= 11 is 0. The van der Waals surface area contributed by atoms with Crippen molar-refractivity contribution in [1.82, 2.24) is 5.32 Å². The minimum absolute atomic E-state index is 0.0192. The van der Waals surface area contributed by atoms with Crippen molar-refractivity contribution in [2.45, 2.75) is 6.42 Å². The SMILES string of the molecule is COc1ccccc1NC(=O)N(CCCNC(=O)/C=C/c1ccc([N+](=O)[O-])cc1)c1ccc(Oc2ccccc2)cc1. The number of nitrogens with zero attached hydrogens (tertiary/aromatic N) is 2. The Morgan fingerprint density at radius 1 is 0.881 bits per heavy atom. The van der Waals surface area contributed by atoms with Crippen LogP contribution >= 0.6 is 0 Å². The topological polar surface area (TPSA) is 123 Å². The number of para-hydroxylation sites is 3. The van der Waals surface area contributed by atoms with Crippen LogP contribution in [0.1, 0.15) is 12.0 Å². The summed E-state index contributed by atoms with van der Waals surface area (Å²) in [7, 11) is 1.53. The first-order valence-electron chi connectivity index (χ1n) is 13.2. The molecule has 0 bridgehead atoms. The van der Waals surface area contributed by atoms with Gasteiger partial charge in [0, 0.05) is 37.0 Å². The van der Waals surface area contributed by atoms with Gasteiger partial charge in [-0.3, -0.25) is 19.8 Å². The number of amides is 3. The minimum atomic E-state index is -0.479. The average molecular weight is 567 g/mol. The van der Waals surface area contributed by atoms with Crippen LogP contribution in [0.15, 0.2) is 109 Å². The van der Waals surface area contributed by atoms with E-state index in [4.69, 9.17) is 9.47 Å². The number of benzene rings is 4. The quantitative estimate of drug-likeness (QED) is 0.0856. The van der Waals surface area contributed by atoms with Gasteiger partial charge in [-0.15, -0.1) is 0 Å². The van der Waals surface area contributed by atoms with Crippen molar-refractivity contribution in [3.63, 3.8) is 0 Å². The lowest BCUT2D eigenvalue weighted by molar-refractivity contribution is -0.384. The summed E-state index contributed by atoms with van der Waals surface area (Å²) in [6, 6.07) is 29.2. The van der Waals surface area contributed by atoms with Gasteiger partial charge < -0.3 is 20.1 Å². The molecule has 4 aromatic carbocycles. The number of nitro benzene ring substituents is 1. The molecule has 0 aliphatic rings. The fraction of sp³-hybridized carbons (Fsp3) is 0.125. The molecule has 214 valence electrons. The van der Waals surface area contributed by atoms with E-state index in [-0.39, 0.29) is 17.6 Å². The highest BCUT2D eigenvalue weighted by Crippen LogP contribution is 2.27. The van der Waals surface area contributed by atoms with Gasteiger partial charge in [0.15, 0.2) is 0 Å². The minimum Gasteiger partial charge on any atom is -0.495 e. The van der Waals surface area contributed by atoms with Crippen LogP contribution in [-0.4, -0.2) is 37.1 Å². The summed E-state index contributed by atoms with van der Waals surface area (Å²) in [5.41, 5.74) is 1.82. The molecule has 0 unspecified atom stereocenters. The second-order valence-corrected chi connectivity index (χ2v) is 9.02. The summed E-state index contributed by atoms with van der Waals surface area (Å²) < 4.78 is 11.2. The fourth-order valence-corrected chi connectivity index (χ4v) is 3.98. The Hall–Kier alpha value is -5.64. The third-order valence-corrected chi connectivity index (χ3v) is 6.11. The van der Waals surface area contributed by atoms with Gasteiger partial charge in [-0.05, 0) is 78.7 Å². The van der Waals surface area contributed by atoms with Crippen molar-refractivity contribution in [1.29, 1.82) is 0 Å². The zero-order chi connectivity index (χ0) is 29.7. The zero-order valence-corrected chi connectivity index (χ0v) is 22.9. The van der Waals surface area contributed by atoms with Gasteiger partial charge in [0.1, 0.15) is 17.2 Å². The molecule has 10 nitrogen and oxygen atoms in total. The molecule has 0 heterocycles. The smallest absolute Gasteiger partial charge is 0.326 e. The van der Waals surface area contributed by atoms with Gasteiger partial charge in [0.2, 0.25) is 5.91 Å². The van der Waals surface area contributed by atoms with E-state index in [0.717, 1.165) is 0 Å². The van der Waals surface area contributed by atoms with Crippen molar-refractivity contribution in [2.75, 3.05) is 30.4 Å². The lowest BCUT2D eigenvalue weighted by Crippen LogP contribution is -2.37. The zero-order valence-electron chi connectivity index (χ0n) is 22.9. The van der Waals surface area contributed by atoms with Gasteiger partial charge in [0.25, 0.3) is 5.69 Å². The van der Waals surface area contributed by atoms with Crippen LogP contribution in [0.5, 0.6) is 17.2 Å². The Bertz CT molecular complexity index is 1520. The molecule has 0 fully saturated rings. The van der Waals surface area contributed by atoms with Crippen molar-refractivity contribution in [2.24, 2.45) is 0 Å². The Kier molecular flexibility index (Phi) is 10.2. The normalized spacial score (nSPS) is 10.6. The second-order valence-electron chi connectivity index (χ2n) is 9.02. The molecule has 0 spiro atoms. The molecule has 0 aromatic heterocycles. The van der Waals surface area contributed by atoms with Gasteiger partial charge in [-0.1, -0.05) is 30.3 Å². The molecule has 2 N–H and O–H groups in total. The molecule has 42 heavy (non-hydrogen) atoms. The molecular weight excluding hydrogens is 536 g/mol. The summed E-state index contributed by atoms with van der Waals surface area (Å²) in [4.78, 5) is 37.6. The molecule has 10 heteroatoms. The first-order chi connectivity index (χ1) is 20.4. The van der Waals surface area contributed by atoms with Gasteiger partial charge in [0.05, 0.1) is 17.7 Å². The third-order valence-electron chi connectivity index (χ3n) is 6.11. The number of anilines is 2. The number of carbonyl (C=O) groups is 2. The van der Waals surface area contributed by atoms with Crippen molar-refractivity contribution in [3.05, 3.63) is 125 Å². The molecule has 4 aromatic rings. The molecule has 3 amide bonds. The van der Waals surface area contributed by atoms with Crippen LogP contribution in [0.4, 0.5) is 21.9 Å². The number of ether oxygens (including phenoxy) is 2. The number of hydrogen-bond donors (Lipinski definition) is 2. The largest absolute Gasteiger partial charge is 0.495 e. The molecule has 0 aliphatic carbocycles. The highest BCUT2D eigenvalue weighted by Gasteiger charge is 2.18. The summed E-state index contributed by atoms with van der Waals surface area (Å²) in [5, 5.41) is 16.5. The molecule has 0 aliphatic heterocycles. The number of nitro groups is 1. The number of hydrogen-bond acceptors (Lipinski definition) is 6. The number of methoxy groups -OCH3 is 1. The van der Waals surface area contributed by atoms with Gasteiger partial charge in [-0.25, -0.2) is 4.79 Å². The lowest BCUT2D eigenvalue weighted by atomic mass is 10.2. The van der Waals surface area contributed by atoms with E-state index >= 15 is 0 Å². The van der Waals surface area contributed by atoms with E-state index in [1.807, 2.05) is 36.4 Å². The lowest BCUT2D eigenvalue weighted by Gasteiger charge is -2.24. The number of rotatable bonds is 12. The standard InChI is InChI=1S/C32H30N4O6/c1-41-30-11-6-5-10-29(30)34-32(38)35(25-17-19-28(20-18-25)42-27-8-3-2-4-9-27)23-7-22-33-31(37)21-14-24-12-15-26(16-13-24)36(39)40/h2-6,8-21H,7,22-23H2,1H3,(H,33,37)(H,34,38)/b21-14+. The second kappa shape index (κ2) is 14.7. The maximum Gasteiger partial charge on any atom is 0.326 e. The molecule has 0 saturated heterocycles. The van der Waals surface area contributed by atoms with E-state index in [1.54, 1.807) is 65.6 Å². The third kappa shape index (κ3) is 8.43. The predicted octanol–water partition coefficient (Wildman–Crippen LogP) is 6.65. The molecular formula is C32H30N4O6. The molecule has 4 rings (SSSR count). The molecule has 0 atom stereocenters. The Morgan fingerprint density at radius 2 is 1.55 bits per heavy atom. The predicted molar refractivity (Wildman–Crippen MR) is 162 cm³/mol. The van der Waals surface area contributed by atoms with Crippen LogP contribution in [-0.2, 0) is 4.79 Å². The van der Waals surface area contributed by atoms with Crippen LogP contribution in [0, 0.1) is 10.1 Å². The highest BCUT2D eigenvalue weighted by molar-refractivity contribution is 6.02. The first kappa shape index (κ1) is 29.3. The van der Waals surface area contributed by atoms with Crippen molar-refractivity contribution < 1.29 is 24.0 Å². The van der Waals surface area contributed by atoms with E-state index in [2.05, 4.69) is 10.6 Å². The fourth-order valence-electron chi connectivity index (χ4n) is 3.98. The average Bonchev–Trinajstić information content (AvgIpc) is 3.01.